The molecule has 1 atom stereocenters. The molecular formula is C15H19Br2N3O. The molecule has 0 saturated heterocycles. The molecule has 0 fully saturated rings. The van der Waals surface area contributed by atoms with E-state index in [9.17, 15) is 5.11 Å². The number of aliphatic hydroxyl groups excluding tert-OH is 1. The predicted octanol–water partition coefficient (Wildman–Crippen LogP) is 3.36. The molecule has 1 aromatic carbocycles. The Labute approximate surface area is 142 Å². The maximum Gasteiger partial charge on any atom is 0.123 e. The molecule has 0 spiro atoms. The fourth-order valence-electron chi connectivity index (χ4n) is 2.12. The molecule has 114 valence electrons. The number of hydrogen-bond acceptors (Lipinski definition) is 3. The van der Waals surface area contributed by atoms with Crippen molar-refractivity contribution in [2.24, 2.45) is 0 Å². The lowest BCUT2D eigenvalue weighted by atomic mass is 10.0. The Kier molecular flexibility index (Phi) is 5.60. The van der Waals surface area contributed by atoms with E-state index in [2.05, 4.69) is 41.9 Å². The molecule has 1 unspecified atom stereocenters. The SMILES string of the molecule is Cc1ccc(C(O)c2c(Br)cnn2CCN(C)C)c(Br)c1. The predicted molar refractivity (Wildman–Crippen MR) is 91.4 cm³/mol. The van der Waals surface area contributed by atoms with Gasteiger partial charge in [0.05, 0.1) is 22.9 Å². The van der Waals surface area contributed by atoms with E-state index in [1.807, 2.05) is 43.9 Å². The van der Waals surface area contributed by atoms with Crippen molar-refractivity contribution >= 4 is 31.9 Å². The van der Waals surface area contributed by atoms with Crippen molar-refractivity contribution in [2.45, 2.75) is 19.6 Å². The number of rotatable bonds is 5. The van der Waals surface area contributed by atoms with Crippen molar-refractivity contribution < 1.29 is 5.11 Å². The molecule has 0 aliphatic carbocycles. The van der Waals surface area contributed by atoms with Gasteiger partial charge in [-0.1, -0.05) is 28.1 Å². The van der Waals surface area contributed by atoms with Crippen molar-refractivity contribution in [3.63, 3.8) is 0 Å². The average Bonchev–Trinajstić information content (AvgIpc) is 2.77. The van der Waals surface area contributed by atoms with Crippen LogP contribution < -0.4 is 0 Å². The van der Waals surface area contributed by atoms with Crippen LogP contribution in [0.4, 0.5) is 0 Å². The van der Waals surface area contributed by atoms with Gasteiger partial charge in [0.2, 0.25) is 0 Å². The second-order valence-corrected chi connectivity index (χ2v) is 7.04. The lowest BCUT2D eigenvalue weighted by molar-refractivity contribution is 0.204. The number of benzene rings is 1. The maximum absolute atomic E-state index is 10.7. The Morgan fingerprint density at radius 3 is 2.62 bits per heavy atom. The molecule has 1 aromatic heterocycles. The first-order valence-corrected chi connectivity index (χ1v) is 8.28. The first kappa shape index (κ1) is 16.7. The Hall–Kier alpha value is -0.690. The Balaban J connectivity index is 2.34. The standard InChI is InChI=1S/C15H19Br2N3O/c1-10-4-5-11(12(16)8-10)15(21)14-13(17)9-18-20(14)7-6-19(2)3/h4-5,8-9,15,21H,6-7H2,1-3H3. The minimum absolute atomic E-state index is 0.723. The van der Waals surface area contributed by atoms with Gasteiger partial charge in [0.15, 0.2) is 0 Å². The first-order chi connectivity index (χ1) is 9.90. The fourth-order valence-corrected chi connectivity index (χ4v) is 3.34. The highest BCUT2D eigenvalue weighted by Crippen LogP contribution is 2.33. The van der Waals surface area contributed by atoms with Crippen LogP contribution in [0.25, 0.3) is 0 Å². The van der Waals surface area contributed by atoms with Crippen LogP contribution in [-0.4, -0.2) is 40.4 Å². The summed E-state index contributed by atoms with van der Waals surface area (Å²) < 4.78 is 3.57. The van der Waals surface area contributed by atoms with E-state index in [0.717, 1.165) is 38.9 Å². The number of hydrogen-bond donors (Lipinski definition) is 1. The van der Waals surface area contributed by atoms with Crippen LogP contribution in [-0.2, 0) is 6.54 Å². The average molecular weight is 417 g/mol. The normalized spacial score (nSPS) is 12.9. The second kappa shape index (κ2) is 7.05. The minimum atomic E-state index is -0.723. The number of halogens is 2. The Morgan fingerprint density at radius 1 is 1.29 bits per heavy atom. The van der Waals surface area contributed by atoms with Crippen LogP contribution in [0.5, 0.6) is 0 Å². The van der Waals surface area contributed by atoms with Gasteiger partial charge >= 0.3 is 0 Å². The summed E-state index contributed by atoms with van der Waals surface area (Å²) in [5.74, 6) is 0. The highest BCUT2D eigenvalue weighted by Gasteiger charge is 2.21. The first-order valence-electron chi connectivity index (χ1n) is 6.70. The van der Waals surface area contributed by atoms with Crippen LogP contribution in [0.1, 0.15) is 22.9 Å². The van der Waals surface area contributed by atoms with Crippen LogP contribution in [0, 0.1) is 6.92 Å². The summed E-state index contributed by atoms with van der Waals surface area (Å²) in [5.41, 5.74) is 2.77. The zero-order chi connectivity index (χ0) is 15.6. The van der Waals surface area contributed by atoms with Gasteiger partial charge in [0, 0.05) is 16.6 Å². The topological polar surface area (TPSA) is 41.3 Å². The molecule has 0 aliphatic heterocycles. The molecular weight excluding hydrogens is 398 g/mol. The summed E-state index contributed by atoms with van der Waals surface area (Å²) in [7, 11) is 4.04. The molecule has 0 radical (unpaired) electrons. The van der Waals surface area contributed by atoms with E-state index in [1.54, 1.807) is 6.20 Å². The third-order valence-corrected chi connectivity index (χ3v) is 4.60. The number of aromatic nitrogens is 2. The summed E-state index contributed by atoms with van der Waals surface area (Å²) >= 11 is 7.02. The summed E-state index contributed by atoms with van der Waals surface area (Å²) in [6, 6.07) is 5.95. The van der Waals surface area contributed by atoms with Crippen molar-refractivity contribution in [2.75, 3.05) is 20.6 Å². The molecule has 21 heavy (non-hydrogen) atoms. The molecule has 1 heterocycles. The smallest absolute Gasteiger partial charge is 0.123 e. The van der Waals surface area contributed by atoms with Crippen LogP contribution >= 0.6 is 31.9 Å². The lowest BCUT2D eigenvalue weighted by Gasteiger charge is -2.17. The molecule has 0 saturated carbocycles. The quantitative estimate of drug-likeness (QED) is 0.812. The van der Waals surface area contributed by atoms with Crippen LogP contribution in [0.15, 0.2) is 33.3 Å². The van der Waals surface area contributed by atoms with Gasteiger partial charge in [-0.05, 0) is 48.6 Å². The molecule has 6 heteroatoms. The van der Waals surface area contributed by atoms with E-state index in [-0.39, 0.29) is 0 Å². The Morgan fingerprint density at radius 2 is 2.00 bits per heavy atom. The van der Waals surface area contributed by atoms with Gasteiger partial charge < -0.3 is 10.0 Å². The van der Waals surface area contributed by atoms with Crippen LogP contribution in [0.3, 0.4) is 0 Å². The number of aliphatic hydroxyl groups is 1. The van der Waals surface area contributed by atoms with Gasteiger partial charge in [-0.25, -0.2) is 0 Å². The van der Waals surface area contributed by atoms with Gasteiger partial charge in [0.25, 0.3) is 0 Å². The summed E-state index contributed by atoms with van der Waals surface area (Å²) in [6.45, 7) is 3.62. The number of aryl methyl sites for hydroxylation is 1. The molecule has 2 aromatic rings. The van der Waals surface area contributed by atoms with E-state index >= 15 is 0 Å². The second-order valence-electron chi connectivity index (χ2n) is 5.33. The molecule has 1 N–H and O–H groups in total. The zero-order valence-corrected chi connectivity index (χ0v) is 15.5. The molecule has 4 nitrogen and oxygen atoms in total. The third-order valence-electron chi connectivity index (χ3n) is 3.30. The highest BCUT2D eigenvalue weighted by molar-refractivity contribution is 9.10. The van der Waals surface area contributed by atoms with Crippen molar-refractivity contribution in [1.82, 2.24) is 14.7 Å². The van der Waals surface area contributed by atoms with E-state index < -0.39 is 6.10 Å². The summed E-state index contributed by atoms with van der Waals surface area (Å²) in [5, 5.41) is 15.1. The minimum Gasteiger partial charge on any atom is -0.382 e. The van der Waals surface area contributed by atoms with Crippen molar-refractivity contribution in [1.29, 1.82) is 0 Å². The number of likely N-dealkylation sites (N-methyl/N-ethyl adjacent to an activating group) is 1. The lowest BCUT2D eigenvalue weighted by Crippen LogP contribution is -2.21. The Bertz CT molecular complexity index is 625. The van der Waals surface area contributed by atoms with E-state index in [0.29, 0.717) is 0 Å². The van der Waals surface area contributed by atoms with E-state index in [1.165, 1.54) is 0 Å². The largest absolute Gasteiger partial charge is 0.382 e. The fraction of sp³-hybridized carbons (Fsp3) is 0.400. The molecule has 0 aliphatic rings. The maximum atomic E-state index is 10.7. The van der Waals surface area contributed by atoms with Gasteiger partial charge in [-0.2, -0.15) is 5.10 Å². The van der Waals surface area contributed by atoms with Gasteiger partial charge in [-0.3, -0.25) is 4.68 Å². The van der Waals surface area contributed by atoms with E-state index in [4.69, 9.17) is 0 Å². The summed E-state index contributed by atoms with van der Waals surface area (Å²) in [4.78, 5) is 2.09. The molecule has 0 amide bonds. The van der Waals surface area contributed by atoms with Gasteiger partial charge in [-0.15, -0.1) is 0 Å². The number of nitrogens with zero attached hydrogens (tertiary/aromatic N) is 3. The zero-order valence-electron chi connectivity index (χ0n) is 12.3. The van der Waals surface area contributed by atoms with Crippen molar-refractivity contribution in [3.8, 4) is 0 Å². The third kappa shape index (κ3) is 3.94. The molecule has 0 bridgehead atoms. The van der Waals surface area contributed by atoms with Crippen LogP contribution in [0.2, 0.25) is 0 Å². The highest BCUT2D eigenvalue weighted by atomic mass is 79.9. The summed E-state index contributed by atoms with van der Waals surface area (Å²) in [6.07, 6.45) is 1.01. The monoisotopic (exact) mass is 415 g/mol. The van der Waals surface area contributed by atoms with Gasteiger partial charge in [0.1, 0.15) is 6.10 Å². The van der Waals surface area contributed by atoms with Crippen molar-refractivity contribution in [3.05, 3.63) is 50.2 Å². The molecule has 2 rings (SSSR count).